The van der Waals surface area contributed by atoms with Gasteiger partial charge < -0.3 is 5.32 Å². The van der Waals surface area contributed by atoms with Gasteiger partial charge in [0.1, 0.15) is 0 Å². The second-order valence-electron chi connectivity index (χ2n) is 4.57. The summed E-state index contributed by atoms with van der Waals surface area (Å²) in [6, 6.07) is 10.8. The highest BCUT2D eigenvalue weighted by molar-refractivity contribution is 9.10. The number of hydrogen-bond donors (Lipinski definition) is 1. The van der Waals surface area contributed by atoms with Crippen molar-refractivity contribution in [1.82, 2.24) is 10.3 Å². The van der Waals surface area contributed by atoms with Crippen molar-refractivity contribution in [2.75, 3.05) is 0 Å². The lowest BCUT2D eigenvalue weighted by molar-refractivity contribution is -0.121. The van der Waals surface area contributed by atoms with E-state index >= 15 is 0 Å². The lowest BCUT2D eigenvalue weighted by Gasteiger charge is -2.05. The molecule has 0 aliphatic heterocycles. The number of halogens is 1. The van der Waals surface area contributed by atoms with Crippen LogP contribution in [0.2, 0.25) is 0 Å². The molecule has 2 rings (SSSR count). The maximum atomic E-state index is 11.9. The average Bonchev–Trinajstić information content (AvgIpc) is 2.52. The van der Waals surface area contributed by atoms with Gasteiger partial charge in [-0.3, -0.25) is 14.6 Å². The number of benzene rings is 1. The van der Waals surface area contributed by atoms with Crippen LogP contribution in [0.25, 0.3) is 0 Å². The fourth-order valence-corrected chi connectivity index (χ4v) is 2.06. The monoisotopic (exact) mass is 346 g/mol. The van der Waals surface area contributed by atoms with Gasteiger partial charge in [0.2, 0.25) is 5.91 Å². The molecule has 21 heavy (non-hydrogen) atoms. The number of amides is 1. The molecule has 1 N–H and O–H groups in total. The van der Waals surface area contributed by atoms with Crippen LogP contribution in [0.3, 0.4) is 0 Å². The Kier molecular flexibility index (Phi) is 5.63. The molecule has 0 saturated carbocycles. The summed E-state index contributed by atoms with van der Waals surface area (Å²) in [5, 5.41) is 2.78. The molecule has 0 spiro atoms. The van der Waals surface area contributed by atoms with E-state index in [0.29, 0.717) is 12.1 Å². The molecule has 0 saturated heterocycles. The zero-order valence-corrected chi connectivity index (χ0v) is 13.0. The fraction of sp³-hybridized carbons (Fsp3) is 0.188. The van der Waals surface area contributed by atoms with Crippen molar-refractivity contribution < 1.29 is 9.59 Å². The van der Waals surface area contributed by atoms with E-state index in [1.165, 1.54) is 0 Å². The number of rotatable bonds is 6. The third kappa shape index (κ3) is 5.11. The van der Waals surface area contributed by atoms with E-state index in [9.17, 15) is 9.59 Å². The van der Waals surface area contributed by atoms with Crippen molar-refractivity contribution in [3.63, 3.8) is 0 Å². The summed E-state index contributed by atoms with van der Waals surface area (Å²) in [6.07, 6.45) is 3.78. The van der Waals surface area contributed by atoms with Crippen LogP contribution in [-0.2, 0) is 11.3 Å². The van der Waals surface area contributed by atoms with E-state index in [-0.39, 0.29) is 24.5 Å². The summed E-state index contributed by atoms with van der Waals surface area (Å²) >= 11 is 3.32. The van der Waals surface area contributed by atoms with E-state index in [4.69, 9.17) is 0 Å². The molecule has 0 fully saturated rings. The molecule has 5 heteroatoms. The average molecular weight is 347 g/mol. The summed E-state index contributed by atoms with van der Waals surface area (Å²) in [4.78, 5) is 27.6. The molecule has 1 heterocycles. The summed E-state index contributed by atoms with van der Waals surface area (Å²) in [6.45, 7) is 0.430. The van der Waals surface area contributed by atoms with Crippen LogP contribution in [0.1, 0.15) is 28.8 Å². The molecule has 1 aromatic carbocycles. The van der Waals surface area contributed by atoms with Crippen LogP contribution in [-0.4, -0.2) is 16.7 Å². The van der Waals surface area contributed by atoms with E-state index in [2.05, 4.69) is 26.2 Å². The number of pyridine rings is 1. The minimum Gasteiger partial charge on any atom is -0.352 e. The van der Waals surface area contributed by atoms with Crippen molar-refractivity contribution in [3.8, 4) is 0 Å². The summed E-state index contributed by atoms with van der Waals surface area (Å²) in [5.74, 6) is -0.164. The highest BCUT2D eigenvalue weighted by Gasteiger charge is 2.09. The highest BCUT2D eigenvalue weighted by atomic mass is 79.9. The van der Waals surface area contributed by atoms with Crippen LogP contribution in [0, 0.1) is 0 Å². The predicted molar refractivity (Wildman–Crippen MR) is 83.8 cm³/mol. The zero-order chi connectivity index (χ0) is 15.1. The Morgan fingerprint density at radius 1 is 1.10 bits per heavy atom. The van der Waals surface area contributed by atoms with Crippen LogP contribution in [0.5, 0.6) is 0 Å². The summed E-state index contributed by atoms with van der Waals surface area (Å²) in [5.41, 5.74) is 1.56. The topological polar surface area (TPSA) is 59.1 Å². The van der Waals surface area contributed by atoms with Gasteiger partial charge in [-0.25, -0.2) is 0 Å². The van der Waals surface area contributed by atoms with Crippen molar-refractivity contribution in [2.24, 2.45) is 0 Å². The molecule has 1 aromatic heterocycles. The van der Waals surface area contributed by atoms with Crippen molar-refractivity contribution >= 4 is 27.6 Å². The third-order valence-electron chi connectivity index (χ3n) is 2.96. The first-order valence-electron chi connectivity index (χ1n) is 6.59. The molecular weight excluding hydrogens is 332 g/mol. The van der Waals surface area contributed by atoms with Gasteiger partial charge >= 0.3 is 0 Å². The number of Topliss-reactive ketones (excluding diaryl/α,β-unsaturated/α-hetero) is 1. The predicted octanol–water partition coefficient (Wildman–Crippen LogP) is 3.12. The largest absolute Gasteiger partial charge is 0.352 e. The quantitative estimate of drug-likeness (QED) is 0.817. The first kappa shape index (κ1) is 15.4. The van der Waals surface area contributed by atoms with Gasteiger partial charge in [-0.15, -0.1) is 0 Å². The molecule has 0 bridgehead atoms. The first-order valence-corrected chi connectivity index (χ1v) is 7.39. The number of ketones is 1. The van der Waals surface area contributed by atoms with Crippen LogP contribution < -0.4 is 5.32 Å². The molecule has 1 amide bonds. The van der Waals surface area contributed by atoms with Crippen molar-refractivity contribution in [3.05, 3.63) is 64.4 Å². The van der Waals surface area contributed by atoms with Gasteiger partial charge in [0.15, 0.2) is 5.78 Å². The number of carbonyl (C=O) groups excluding carboxylic acids is 2. The summed E-state index contributed by atoms with van der Waals surface area (Å²) in [7, 11) is 0. The van der Waals surface area contributed by atoms with Gasteiger partial charge in [-0.2, -0.15) is 0 Å². The SMILES string of the molecule is O=C(CCC(=O)c1ccc(Br)cc1)NCc1cccnc1. The molecule has 0 aliphatic rings. The molecule has 0 aliphatic carbocycles. The van der Waals surface area contributed by atoms with Gasteiger partial charge in [0.25, 0.3) is 0 Å². The smallest absolute Gasteiger partial charge is 0.220 e. The minimum atomic E-state index is -0.135. The van der Waals surface area contributed by atoms with Gasteiger partial charge in [0, 0.05) is 41.8 Å². The van der Waals surface area contributed by atoms with Crippen LogP contribution in [0.15, 0.2) is 53.3 Å². The molecular formula is C16H15BrN2O2. The Hall–Kier alpha value is -2.01. The maximum Gasteiger partial charge on any atom is 0.220 e. The second-order valence-corrected chi connectivity index (χ2v) is 5.48. The highest BCUT2D eigenvalue weighted by Crippen LogP contribution is 2.12. The fourth-order valence-electron chi connectivity index (χ4n) is 1.80. The van der Waals surface area contributed by atoms with Crippen molar-refractivity contribution in [2.45, 2.75) is 19.4 Å². The molecule has 0 radical (unpaired) electrons. The number of hydrogen-bond acceptors (Lipinski definition) is 3. The molecule has 108 valence electrons. The molecule has 4 nitrogen and oxygen atoms in total. The first-order chi connectivity index (χ1) is 10.1. The van der Waals surface area contributed by atoms with E-state index in [1.807, 2.05) is 24.3 Å². The Bertz CT molecular complexity index is 612. The molecule has 0 unspecified atom stereocenters. The number of nitrogens with one attached hydrogen (secondary N) is 1. The second kappa shape index (κ2) is 7.69. The van der Waals surface area contributed by atoms with Gasteiger partial charge in [-0.05, 0) is 23.8 Å². The molecule has 0 atom stereocenters. The lowest BCUT2D eigenvalue weighted by atomic mass is 10.1. The number of carbonyl (C=O) groups is 2. The Balaban J connectivity index is 1.76. The number of aromatic nitrogens is 1. The normalized spacial score (nSPS) is 10.1. The minimum absolute atomic E-state index is 0.0287. The Labute approximate surface area is 131 Å². The zero-order valence-electron chi connectivity index (χ0n) is 11.4. The van der Waals surface area contributed by atoms with Gasteiger partial charge in [-0.1, -0.05) is 34.1 Å². The summed E-state index contributed by atoms with van der Waals surface area (Å²) < 4.78 is 0.924. The maximum absolute atomic E-state index is 11.9. The van der Waals surface area contributed by atoms with Crippen LogP contribution >= 0.6 is 15.9 Å². The van der Waals surface area contributed by atoms with E-state index in [0.717, 1.165) is 10.0 Å². The standard InChI is InChI=1S/C16H15BrN2O2/c17-14-5-3-13(4-6-14)15(20)7-8-16(21)19-11-12-2-1-9-18-10-12/h1-6,9-10H,7-8,11H2,(H,19,21). The van der Waals surface area contributed by atoms with Gasteiger partial charge in [0.05, 0.1) is 0 Å². The van der Waals surface area contributed by atoms with Crippen LogP contribution in [0.4, 0.5) is 0 Å². The molecule has 2 aromatic rings. The Morgan fingerprint density at radius 3 is 2.52 bits per heavy atom. The van der Waals surface area contributed by atoms with E-state index in [1.54, 1.807) is 24.5 Å². The third-order valence-corrected chi connectivity index (χ3v) is 3.49. The number of nitrogens with zero attached hydrogens (tertiary/aromatic N) is 1. The Morgan fingerprint density at radius 2 is 1.86 bits per heavy atom. The van der Waals surface area contributed by atoms with E-state index < -0.39 is 0 Å². The van der Waals surface area contributed by atoms with Crippen molar-refractivity contribution in [1.29, 1.82) is 0 Å². The lowest BCUT2D eigenvalue weighted by Crippen LogP contribution is -2.23.